The van der Waals surface area contributed by atoms with Crippen molar-refractivity contribution in [3.05, 3.63) is 71.5 Å². The summed E-state index contributed by atoms with van der Waals surface area (Å²) >= 11 is 0. The van der Waals surface area contributed by atoms with Crippen LogP contribution in [0.3, 0.4) is 0 Å². The Morgan fingerprint density at radius 3 is 2.04 bits per heavy atom. The molecule has 9 atom stereocenters. The summed E-state index contributed by atoms with van der Waals surface area (Å²) in [6.45, 7) is 11.5. The van der Waals surface area contributed by atoms with Crippen molar-refractivity contribution in [2.24, 2.45) is 34.2 Å². The number of ether oxygens (including phenoxy) is 1. The monoisotopic (exact) mass is 981 g/mol. The van der Waals surface area contributed by atoms with Gasteiger partial charge in [0.1, 0.15) is 35.9 Å². The molecule has 1 heterocycles. The van der Waals surface area contributed by atoms with E-state index in [0.717, 1.165) is 5.56 Å². The summed E-state index contributed by atoms with van der Waals surface area (Å²) in [6, 6.07) is 1.12. The Morgan fingerprint density at radius 1 is 0.829 bits per heavy atom. The van der Waals surface area contributed by atoms with Crippen LogP contribution in [0, 0.1) is 17.8 Å². The molecule has 0 bridgehead atoms. The molecule has 1 aromatic rings. The molecule has 22 heteroatoms. The molecule has 13 N–H and O–H groups in total. The van der Waals surface area contributed by atoms with Gasteiger partial charge in [-0.3, -0.25) is 38.6 Å². The summed E-state index contributed by atoms with van der Waals surface area (Å²) in [7, 11) is 1.61. The number of nitrogens with zero attached hydrogens (tertiary/aromatic N) is 1. The van der Waals surface area contributed by atoms with Crippen molar-refractivity contribution in [1.29, 1.82) is 0 Å². The first-order chi connectivity index (χ1) is 32.9. The molecule has 7 amide bonds. The zero-order chi connectivity index (χ0) is 52.7. The van der Waals surface area contributed by atoms with Gasteiger partial charge < -0.3 is 63.6 Å². The molecule has 1 saturated heterocycles. The number of nitrogens with one attached hydrogen (secondary N) is 7. The molecule has 386 valence electrons. The van der Waals surface area contributed by atoms with Gasteiger partial charge in [-0.05, 0) is 64.4 Å². The SMILES string of the molecule is C/C=C1\NC(=O)CC[C@H](C(=O)O)NC(=O)[C@@H](C)C(/C=C/C(C)=C/[C@H](C)[C@H](Cc2ccccc2)OC)NC(=O)C(CCCN=C(N)N)NC(=O)CC(C(=O)O)NC(=O)[C@H](CC(C)C)NC(=O)[C@@H](C)NC1=O. The molecule has 0 aromatic heterocycles. The number of hydrogen-bond acceptors (Lipinski definition) is 11. The van der Waals surface area contributed by atoms with Gasteiger partial charge in [-0.1, -0.05) is 87.9 Å². The first-order valence-corrected chi connectivity index (χ1v) is 23.2. The number of rotatable bonds is 15. The Hall–Kier alpha value is -7.10. The van der Waals surface area contributed by atoms with Crippen molar-refractivity contribution in [3.63, 3.8) is 0 Å². The first kappa shape index (κ1) is 59.0. The van der Waals surface area contributed by atoms with Gasteiger partial charge in [0, 0.05) is 26.0 Å². The maximum absolute atomic E-state index is 14.3. The summed E-state index contributed by atoms with van der Waals surface area (Å²) in [5, 5.41) is 37.6. The van der Waals surface area contributed by atoms with Crippen LogP contribution < -0.4 is 48.7 Å². The molecule has 2 rings (SSSR count). The van der Waals surface area contributed by atoms with E-state index in [4.69, 9.17) is 16.2 Å². The molecule has 0 saturated carbocycles. The fourth-order valence-electron chi connectivity index (χ4n) is 7.26. The number of allylic oxidation sites excluding steroid dienone is 3. The van der Waals surface area contributed by atoms with Crippen LogP contribution in [-0.2, 0) is 54.3 Å². The number of guanidine groups is 1. The van der Waals surface area contributed by atoms with Crippen LogP contribution in [0.5, 0.6) is 0 Å². The predicted octanol–water partition coefficient (Wildman–Crippen LogP) is 0.420. The minimum Gasteiger partial charge on any atom is -0.480 e. The van der Waals surface area contributed by atoms with Crippen molar-refractivity contribution in [3.8, 4) is 0 Å². The molecule has 0 spiro atoms. The average Bonchev–Trinajstić information content (AvgIpc) is 3.29. The van der Waals surface area contributed by atoms with Gasteiger partial charge in [-0.25, -0.2) is 9.59 Å². The van der Waals surface area contributed by atoms with Gasteiger partial charge in [0.2, 0.25) is 35.4 Å². The second-order valence-corrected chi connectivity index (χ2v) is 17.7. The van der Waals surface area contributed by atoms with Gasteiger partial charge in [0.25, 0.3) is 5.91 Å². The van der Waals surface area contributed by atoms with Gasteiger partial charge in [0.05, 0.1) is 24.5 Å². The Bertz CT molecular complexity index is 2120. The molecule has 22 nitrogen and oxygen atoms in total. The maximum Gasteiger partial charge on any atom is 0.326 e. The molecule has 0 aliphatic carbocycles. The number of carbonyl (C=O) groups excluding carboxylic acids is 7. The summed E-state index contributed by atoms with van der Waals surface area (Å²) < 4.78 is 5.81. The number of amides is 7. The Balaban J connectivity index is 2.68. The molecule has 0 radical (unpaired) electrons. The molecule has 3 unspecified atom stereocenters. The van der Waals surface area contributed by atoms with Crippen LogP contribution >= 0.6 is 0 Å². The molecule has 1 fully saturated rings. The van der Waals surface area contributed by atoms with Crippen molar-refractivity contribution in [2.75, 3.05) is 13.7 Å². The highest BCUT2D eigenvalue weighted by Crippen LogP contribution is 2.18. The quantitative estimate of drug-likeness (QED) is 0.0373. The van der Waals surface area contributed by atoms with E-state index in [0.29, 0.717) is 12.0 Å². The lowest BCUT2D eigenvalue weighted by Crippen LogP contribution is -2.57. The van der Waals surface area contributed by atoms with Gasteiger partial charge >= 0.3 is 11.9 Å². The van der Waals surface area contributed by atoms with Crippen LogP contribution in [0.2, 0.25) is 0 Å². The van der Waals surface area contributed by atoms with Gasteiger partial charge in [-0.15, -0.1) is 0 Å². The van der Waals surface area contributed by atoms with E-state index < -0.39 is 115 Å². The third-order valence-corrected chi connectivity index (χ3v) is 11.3. The largest absolute Gasteiger partial charge is 0.480 e. The lowest BCUT2D eigenvalue weighted by molar-refractivity contribution is -0.144. The second-order valence-electron chi connectivity index (χ2n) is 17.7. The Labute approximate surface area is 408 Å². The number of methoxy groups -OCH3 is 1. The number of aliphatic carboxylic acids is 2. The fourth-order valence-corrected chi connectivity index (χ4v) is 7.26. The number of benzene rings is 1. The Kier molecular flexibility index (Phi) is 25.1. The number of carboxylic acids is 2. The van der Waals surface area contributed by atoms with E-state index in [9.17, 15) is 53.4 Å². The molecule has 70 heavy (non-hydrogen) atoms. The fraction of sp³-hybridized carbons (Fsp3) is 0.542. The van der Waals surface area contributed by atoms with E-state index in [1.165, 1.54) is 32.9 Å². The van der Waals surface area contributed by atoms with Crippen LogP contribution in [-0.4, -0.2) is 125 Å². The van der Waals surface area contributed by atoms with E-state index in [1.54, 1.807) is 34.0 Å². The van der Waals surface area contributed by atoms with Crippen LogP contribution in [0.25, 0.3) is 0 Å². The van der Waals surface area contributed by atoms with Gasteiger partial charge in [0.15, 0.2) is 5.96 Å². The van der Waals surface area contributed by atoms with E-state index in [-0.39, 0.29) is 55.4 Å². The van der Waals surface area contributed by atoms with E-state index in [2.05, 4.69) is 42.2 Å². The van der Waals surface area contributed by atoms with Gasteiger partial charge in [-0.2, -0.15) is 0 Å². The van der Waals surface area contributed by atoms with Crippen LogP contribution in [0.1, 0.15) is 92.6 Å². The van der Waals surface area contributed by atoms with Crippen molar-refractivity contribution in [2.45, 2.75) is 136 Å². The number of carbonyl (C=O) groups is 9. The molecule has 1 aliphatic heterocycles. The number of hydrogen-bond donors (Lipinski definition) is 11. The summed E-state index contributed by atoms with van der Waals surface area (Å²) in [6.07, 6.45) is 5.07. The van der Waals surface area contributed by atoms with Crippen LogP contribution in [0.15, 0.2) is 70.9 Å². The van der Waals surface area contributed by atoms with E-state index >= 15 is 0 Å². The number of aliphatic imine (C=N–C) groups is 1. The molecule has 1 aliphatic rings. The maximum atomic E-state index is 14.3. The third kappa shape index (κ3) is 21.0. The highest BCUT2D eigenvalue weighted by molar-refractivity contribution is 6.00. The third-order valence-electron chi connectivity index (χ3n) is 11.3. The summed E-state index contributed by atoms with van der Waals surface area (Å²) in [5.74, 6) is -11.0. The predicted molar refractivity (Wildman–Crippen MR) is 260 cm³/mol. The topological polar surface area (TPSA) is 352 Å². The average molecular weight is 981 g/mol. The molecule has 1 aromatic carbocycles. The lowest BCUT2D eigenvalue weighted by Gasteiger charge is -2.27. The van der Waals surface area contributed by atoms with Crippen molar-refractivity contribution >= 4 is 59.2 Å². The highest BCUT2D eigenvalue weighted by Gasteiger charge is 2.34. The smallest absolute Gasteiger partial charge is 0.326 e. The normalized spacial score (nSPS) is 24.9. The number of nitrogens with two attached hydrogens (primary N) is 2. The molecular weight excluding hydrogens is 909 g/mol. The zero-order valence-electron chi connectivity index (χ0n) is 41.2. The lowest BCUT2D eigenvalue weighted by atomic mass is 9.94. The zero-order valence-corrected chi connectivity index (χ0v) is 41.2. The number of carboxylic acid groups (broad SMARTS) is 2. The summed E-state index contributed by atoms with van der Waals surface area (Å²) in [5.41, 5.74) is 12.5. The Morgan fingerprint density at radius 2 is 1.46 bits per heavy atom. The highest BCUT2D eigenvalue weighted by atomic mass is 16.5. The van der Waals surface area contributed by atoms with Crippen molar-refractivity contribution < 1.29 is 58.1 Å². The molecular formula is C48H72N10O12. The van der Waals surface area contributed by atoms with Crippen molar-refractivity contribution in [1.82, 2.24) is 37.2 Å². The van der Waals surface area contributed by atoms with Crippen LogP contribution in [0.4, 0.5) is 0 Å². The summed E-state index contributed by atoms with van der Waals surface area (Å²) in [4.78, 5) is 124. The standard InChI is InChI=1S/C48H72N10O12/c1-9-32-43(63)52-30(7)42(62)57-36(22-26(2)3)45(65)58-37(47(68)69)25-40(60)54-34(16-13-21-51-48(49)50)44(64)55-33(29(6)41(61)56-35(46(66)67)19-20-39(59)53-32)18-17-27(4)23-28(5)38(70-8)24-31-14-11-10-12-15-31/h9-12,14-15,17-18,23,26,28-30,33-38H,13,16,19-22,24-25H2,1-8H3,(H,52,63)(H,53,59)(H,54,60)(H,55,64)(H,56,61)(H,57,62)(H,58,65)(H,66,67)(H,68,69)(H4,49,50,51)/b18-17+,27-23+,32-9-/t28-,29-,30+,33?,34?,35+,36-,37?,38-/m0/s1. The minimum atomic E-state index is -1.85. The first-order valence-electron chi connectivity index (χ1n) is 23.2. The second kappa shape index (κ2) is 29.7. The minimum absolute atomic E-state index is 0.0179. The van der Waals surface area contributed by atoms with E-state index in [1.807, 2.05) is 43.3 Å².